The minimum absolute atomic E-state index is 0.112. The van der Waals surface area contributed by atoms with Gasteiger partial charge in [-0.2, -0.15) is 20.1 Å². The van der Waals surface area contributed by atoms with E-state index < -0.39 is 12.5 Å². The number of carbonyl (C=O) groups excluding carboxylic acids is 2. The first-order valence-electron chi connectivity index (χ1n) is 7.04. The van der Waals surface area contributed by atoms with Crippen molar-refractivity contribution in [1.82, 2.24) is 10.2 Å². The third kappa shape index (κ3) is 5.31. The first kappa shape index (κ1) is 17.9. The van der Waals surface area contributed by atoms with Gasteiger partial charge >= 0.3 is 6.61 Å². The van der Waals surface area contributed by atoms with Gasteiger partial charge in [0.1, 0.15) is 5.75 Å². The average molecular weight is 354 g/mol. The minimum atomic E-state index is -2.96. The molecule has 0 aliphatic heterocycles. The Balaban J connectivity index is 1.87. The molecule has 1 N–H and O–H groups in total. The number of rotatable bonds is 7. The second-order valence-electron chi connectivity index (χ2n) is 4.97. The van der Waals surface area contributed by atoms with Crippen molar-refractivity contribution in [2.75, 3.05) is 13.6 Å². The second-order valence-corrected chi connectivity index (χ2v) is 5.75. The van der Waals surface area contributed by atoms with Gasteiger partial charge in [-0.05, 0) is 40.6 Å². The van der Waals surface area contributed by atoms with E-state index in [-0.39, 0.29) is 23.8 Å². The maximum absolute atomic E-state index is 12.2. The molecule has 2 rings (SSSR count). The number of alkyl halides is 2. The number of ether oxygens (including phenoxy) is 1. The highest BCUT2D eigenvalue weighted by atomic mass is 32.1. The molecule has 0 spiro atoms. The molecule has 0 saturated carbocycles. The molecule has 1 aromatic heterocycles. The van der Waals surface area contributed by atoms with Gasteiger partial charge in [0.05, 0.1) is 6.54 Å². The number of nitrogens with one attached hydrogen (secondary N) is 1. The zero-order chi connectivity index (χ0) is 17.5. The first-order valence-corrected chi connectivity index (χ1v) is 7.98. The van der Waals surface area contributed by atoms with E-state index in [4.69, 9.17) is 0 Å². The second kappa shape index (κ2) is 8.39. The molecule has 1 heterocycles. The van der Waals surface area contributed by atoms with E-state index in [9.17, 15) is 18.4 Å². The van der Waals surface area contributed by atoms with Crippen molar-refractivity contribution in [3.05, 3.63) is 52.2 Å². The van der Waals surface area contributed by atoms with E-state index >= 15 is 0 Å². The van der Waals surface area contributed by atoms with Gasteiger partial charge in [-0.25, -0.2) is 0 Å². The number of amides is 2. The Morgan fingerprint density at radius 3 is 2.79 bits per heavy atom. The quantitative estimate of drug-likeness (QED) is 0.832. The fraction of sp³-hybridized carbons (Fsp3) is 0.250. The van der Waals surface area contributed by atoms with Crippen molar-refractivity contribution < 1.29 is 23.1 Å². The number of benzene rings is 1. The molecular formula is C16H16F2N2O3S. The lowest BCUT2D eigenvalue weighted by Crippen LogP contribution is -2.37. The van der Waals surface area contributed by atoms with Crippen LogP contribution >= 0.6 is 11.3 Å². The number of likely N-dealkylation sites (N-methyl/N-ethyl adjacent to an activating group) is 1. The number of hydrogen-bond donors (Lipinski definition) is 1. The van der Waals surface area contributed by atoms with Gasteiger partial charge in [-0.1, -0.05) is 6.07 Å². The van der Waals surface area contributed by atoms with E-state index in [0.29, 0.717) is 6.54 Å². The van der Waals surface area contributed by atoms with Crippen LogP contribution in [0.25, 0.3) is 0 Å². The van der Waals surface area contributed by atoms with Crippen LogP contribution in [-0.2, 0) is 11.3 Å². The van der Waals surface area contributed by atoms with Crippen LogP contribution in [0.5, 0.6) is 5.75 Å². The van der Waals surface area contributed by atoms with Gasteiger partial charge in [0.2, 0.25) is 5.91 Å². The van der Waals surface area contributed by atoms with Crippen LogP contribution < -0.4 is 10.1 Å². The van der Waals surface area contributed by atoms with Crippen molar-refractivity contribution >= 4 is 23.2 Å². The summed E-state index contributed by atoms with van der Waals surface area (Å²) < 4.78 is 28.6. The molecule has 24 heavy (non-hydrogen) atoms. The fourth-order valence-corrected chi connectivity index (χ4v) is 2.61. The topological polar surface area (TPSA) is 58.6 Å². The molecule has 128 valence electrons. The zero-order valence-corrected chi connectivity index (χ0v) is 13.7. The number of halogens is 2. The lowest BCUT2D eigenvalue weighted by Gasteiger charge is -2.17. The Morgan fingerprint density at radius 2 is 2.12 bits per heavy atom. The van der Waals surface area contributed by atoms with Crippen molar-refractivity contribution in [1.29, 1.82) is 0 Å². The summed E-state index contributed by atoms with van der Waals surface area (Å²) in [7, 11) is 1.64. The maximum atomic E-state index is 12.2. The minimum Gasteiger partial charge on any atom is -0.435 e. The van der Waals surface area contributed by atoms with Crippen molar-refractivity contribution in [3.63, 3.8) is 0 Å². The summed E-state index contributed by atoms with van der Waals surface area (Å²) in [5.41, 5.74) is 1.15. The summed E-state index contributed by atoms with van der Waals surface area (Å²) >= 11 is 1.54. The number of carbonyl (C=O) groups is 2. The Hall–Kier alpha value is -2.48. The highest BCUT2D eigenvalue weighted by Gasteiger charge is 2.13. The molecule has 0 fully saturated rings. The molecule has 0 bridgehead atoms. The SMILES string of the molecule is CN(Cc1ccsc1)C(=O)CNC(=O)c1cccc(OC(F)F)c1. The highest BCUT2D eigenvalue weighted by molar-refractivity contribution is 7.07. The molecule has 2 amide bonds. The van der Waals surface area contributed by atoms with E-state index in [1.165, 1.54) is 29.2 Å². The van der Waals surface area contributed by atoms with Gasteiger partial charge in [0.15, 0.2) is 0 Å². The molecule has 0 atom stereocenters. The van der Waals surface area contributed by atoms with Crippen LogP contribution in [0.15, 0.2) is 41.1 Å². The lowest BCUT2D eigenvalue weighted by atomic mass is 10.2. The molecule has 0 saturated heterocycles. The molecule has 0 radical (unpaired) electrons. The van der Waals surface area contributed by atoms with Crippen molar-refractivity contribution in [2.45, 2.75) is 13.2 Å². The first-order chi connectivity index (χ1) is 11.5. The summed E-state index contributed by atoms with van der Waals surface area (Å²) in [5.74, 6) is -0.903. The number of nitrogens with zero attached hydrogens (tertiary/aromatic N) is 1. The molecule has 1 aromatic carbocycles. The standard InChI is InChI=1S/C16H16F2N2O3S/c1-20(9-11-5-6-24-10-11)14(21)8-19-15(22)12-3-2-4-13(7-12)23-16(17)18/h2-7,10,16H,8-9H2,1H3,(H,19,22). The molecule has 0 unspecified atom stereocenters. The van der Waals surface area contributed by atoms with E-state index in [1.54, 1.807) is 18.4 Å². The summed E-state index contributed by atoms with van der Waals surface area (Å²) in [4.78, 5) is 25.5. The van der Waals surface area contributed by atoms with Gasteiger partial charge in [0, 0.05) is 19.2 Å². The van der Waals surface area contributed by atoms with Gasteiger partial charge in [0.25, 0.3) is 5.91 Å². The third-order valence-corrected chi connectivity index (χ3v) is 3.88. The summed E-state index contributed by atoms with van der Waals surface area (Å²) in [6.45, 7) is -2.69. The Bertz CT molecular complexity index is 692. The number of thiophene rings is 1. The highest BCUT2D eigenvalue weighted by Crippen LogP contribution is 2.15. The Morgan fingerprint density at radius 1 is 1.33 bits per heavy atom. The van der Waals surface area contributed by atoms with Gasteiger partial charge in [-0.15, -0.1) is 0 Å². The van der Waals surface area contributed by atoms with Crippen molar-refractivity contribution in [3.8, 4) is 5.75 Å². The summed E-state index contributed by atoms with van der Waals surface area (Å²) in [6, 6.07) is 7.32. The van der Waals surface area contributed by atoms with Crippen molar-refractivity contribution in [2.24, 2.45) is 0 Å². The number of hydrogen-bond acceptors (Lipinski definition) is 4. The van der Waals surface area contributed by atoms with Crippen LogP contribution in [0.1, 0.15) is 15.9 Å². The fourth-order valence-electron chi connectivity index (χ4n) is 1.95. The predicted octanol–water partition coefficient (Wildman–Crippen LogP) is 2.74. The summed E-state index contributed by atoms with van der Waals surface area (Å²) in [6.07, 6.45) is 0. The summed E-state index contributed by atoms with van der Waals surface area (Å²) in [5, 5.41) is 6.33. The van der Waals surface area contributed by atoms with Gasteiger partial charge < -0.3 is 15.0 Å². The van der Waals surface area contributed by atoms with Gasteiger partial charge in [-0.3, -0.25) is 9.59 Å². The van der Waals surface area contributed by atoms with Crippen LogP contribution in [0.2, 0.25) is 0 Å². The molecule has 0 aliphatic carbocycles. The van der Waals surface area contributed by atoms with E-state index in [0.717, 1.165) is 5.56 Å². The zero-order valence-electron chi connectivity index (χ0n) is 12.9. The van der Waals surface area contributed by atoms with Crippen LogP contribution in [0, 0.1) is 0 Å². The largest absolute Gasteiger partial charge is 0.435 e. The molecule has 5 nitrogen and oxygen atoms in total. The Kier molecular flexibility index (Phi) is 6.25. The molecule has 2 aromatic rings. The normalized spacial score (nSPS) is 10.5. The monoisotopic (exact) mass is 354 g/mol. The van der Waals surface area contributed by atoms with Crippen LogP contribution in [-0.4, -0.2) is 36.9 Å². The van der Waals surface area contributed by atoms with Crippen LogP contribution in [0.3, 0.4) is 0 Å². The molecule has 8 heteroatoms. The molecule has 0 aliphatic rings. The average Bonchev–Trinajstić information content (AvgIpc) is 3.04. The lowest BCUT2D eigenvalue weighted by molar-refractivity contribution is -0.129. The van der Waals surface area contributed by atoms with Crippen LogP contribution in [0.4, 0.5) is 8.78 Å². The predicted molar refractivity (Wildman–Crippen MR) is 86.2 cm³/mol. The smallest absolute Gasteiger partial charge is 0.387 e. The molecular weight excluding hydrogens is 338 g/mol. The Labute approximate surface area is 141 Å². The third-order valence-electron chi connectivity index (χ3n) is 3.15. The maximum Gasteiger partial charge on any atom is 0.387 e. The van der Waals surface area contributed by atoms with E-state index in [2.05, 4.69) is 10.1 Å². The van der Waals surface area contributed by atoms with E-state index in [1.807, 2.05) is 16.8 Å².